The molecule has 0 radical (unpaired) electrons. The monoisotopic (exact) mass is 340 g/mol. The Hall–Kier alpha value is -2.54. The Morgan fingerprint density at radius 3 is 2.88 bits per heavy atom. The van der Waals surface area contributed by atoms with Crippen LogP contribution in [0.1, 0.15) is 36.2 Å². The van der Waals surface area contributed by atoms with Gasteiger partial charge in [-0.2, -0.15) is 0 Å². The first kappa shape index (κ1) is 16.0. The zero-order valence-electron chi connectivity index (χ0n) is 14.4. The minimum absolute atomic E-state index is 0.0172. The van der Waals surface area contributed by atoms with E-state index in [9.17, 15) is 4.39 Å². The highest BCUT2D eigenvalue weighted by Gasteiger charge is 2.29. The first-order valence-corrected chi connectivity index (χ1v) is 8.49. The third-order valence-corrected chi connectivity index (χ3v) is 4.62. The molecule has 25 heavy (non-hydrogen) atoms. The third-order valence-electron chi connectivity index (χ3n) is 4.62. The smallest absolute Gasteiger partial charge is 0.203 e. The van der Waals surface area contributed by atoms with Crippen molar-refractivity contribution in [1.29, 1.82) is 0 Å². The molecule has 1 fully saturated rings. The van der Waals surface area contributed by atoms with Gasteiger partial charge in [0.25, 0.3) is 0 Å². The molecule has 1 N–H and O–H groups in total. The Balaban J connectivity index is 1.58. The first-order chi connectivity index (χ1) is 12.1. The Bertz CT molecular complexity index is 886. The van der Waals surface area contributed by atoms with Gasteiger partial charge in [-0.05, 0) is 44.6 Å². The van der Waals surface area contributed by atoms with Crippen LogP contribution >= 0.6 is 0 Å². The van der Waals surface area contributed by atoms with E-state index in [1.165, 1.54) is 18.9 Å². The van der Waals surface area contributed by atoms with Crippen molar-refractivity contribution in [2.75, 3.05) is 26.0 Å². The first-order valence-electron chi connectivity index (χ1n) is 8.49. The molecule has 1 aliphatic rings. The van der Waals surface area contributed by atoms with Gasteiger partial charge in [0.1, 0.15) is 11.6 Å². The van der Waals surface area contributed by atoms with Crippen molar-refractivity contribution >= 4 is 11.5 Å². The SMILES string of the molecule is CN(C)C(CNc1nccn2c(C3CC3)nnc12)c1cccc(F)c1. The number of aromatic nitrogens is 4. The van der Waals surface area contributed by atoms with Crippen LogP contribution < -0.4 is 5.32 Å². The van der Waals surface area contributed by atoms with Gasteiger partial charge in [-0.25, -0.2) is 9.37 Å². The van der Waals surface area contributed by atoms with Gasteiger partial charge in [0.05, 0.1) is 6.04 Å². The zero-order chi connectivity index (χ0) is 17.4. The number of halogens is 1. The summed E-state index contributed by atoms with van der Waals surface area (Å²) in [4.78, 5) is 6.47. The van der Waals surface area contributed by atoms with Gasteiger partial charge in [-0.3, -0.25) is 4.40 Å². The molecule has 1 atom stereocenters. The van der Waals surface area contributed by atoms with Crippen LogP contribution in [-0.2, 0) is 0 Å². The third kappa shape index (κ3) is 3.19. The number of hydrogen-bond donors (Lipinski definition) is 1. The van der Waals surface area contributed by atoms with Crippen LogP contribution in [0.15, 0.2) is 36.7 Å². The van der Waals surface area contributed by atoms with Crippen LogP contribution in [0.25, 0.3) is 5.65 Å². The van der Waals surface area contributed by atoms with Crippen LogP contribution in [0.2, 0.25) is 0 Å². The van der Waals surface area contributed by atoms with E-state index in [4.69, 9.17) is 0 Å². The maximum Gasteiger partial charge on any atom is 0.203 e. The summed E-state index contributed by atoms with van der Waals surface area (Å²) >= 11 is 0. The van der Waals surface area contributed by atoms with Crippen molar-refractivity contribution in [3.63, 3.8) is 0 Å². The molecule has 1 aliphatic carbocycles. The summed E-state index contributed by atoms with van der Waals surface area (Å²) in [5, 5.41) is 12.0. The molecule has 0 spiro atoms. The summed E-state index contributed by atoms with van der Waals surface area (Å²) in [6.45, 7) is 0.592. The summed E-state index contributed by atoms with van der Waals surface area (Å²) in [6.07, 6.45) is 6.02. The van der Waals surface area contributed by atoms with E-state index < -0.39 is 0 Å². The average molecular weight is 340 g/mol. The van der Waals surface area contributed by atoms with E-state index in [-0.39, 0.29) is 11.9 Å². The van der Waals surface area contributed by atoms with E-state index in [1.54, 1.807) is 18.3 Å². The lowest BCUT2D eigenvalue weighted by Crippen LogP contribution is -2.27. The molecule has 1 saturated carbocycles. The van der Waals surface area contributed by atoms with Crippen molar-refractivity contribution in [3.8, 4) is 0 Å². The van der Waals surface area contributed by atoms with Crippen LogP contribution in [0.4, 0.5) is 10.2 Å². The number of likely N-dealkylation sites (N-methyl/N-ethyl adjacent to an activating group) is 1. The summed E-state index contributed by atoms with van der Waals surface area (Å²) in [6, 6.07) is 6.72. The lowest BCUT2D eigenvalue weighted by molar-refractivity contribution is 0.311. The minimum Gasteiger partial charge on any atom is -0.365 e. The molecule has 7 heteroatoms. The number of rotatable bonds is 6. The molecule has 6 nitrogen and oxygen atoms in total. The van der Waals surface area contributed by atoms with Gasteiger partial charge >= 0.3 is 0 Å². The van der Waals surface area contributed by atoms with Gasteiger partial charge in [0, 0.05) is 24.9 Å². The van der Waals surface area contributed by atoms with Crippen LogP contribution in [0, 0.1) is 5.82 Å². The highest BCUT2D eigenvalue weighted by Crippen LogP contribution is 2.39. The Kier molecular flexibility index (Phi) is 4.09. The molecular weight excluding hydrogens is 319 g/mol. The molecule has 1 unspecified atom stereocenters. The molecule has 2 heterocycles. The largest absolute Gasteiger partial charge is 0.365 e. The Morgan fingerprint density at radius 2 is 2.16 bits per heavy atom. The van der Waals surface area contributed by atoms with Gasteiger partial charge in [-0.1, -0.05) is 12.1 Å². The summed E-state index contributed by atoms with van der Waals surface area (Å²) in [5.74, 6) is 2.00. The van der Waals surface area contributed by atoms with Crippen molar-refractivity contribution in [2.24, 2.45) is 0 Å². The predicted molar refractivity (Wildman–Crippen MR) is 94.1 cm³/mol. The molecule has 3 aromatic rings. The predicted octanol–water partition coefficient (Wildman–Crippen LogP) is 2.86. The van der Waals surface area contributed by atoms with Crippen molar-refractivity contribution in [1.82, 2.24) is 24.5 Å². The van der Waals surface area contributed by atoms with E-state index in [0.717, 1.165) is 17.0 Å². The molecule has 0 amide bonds. The van der Waals surface area contributed by atoms with Crippen molar-refractivity contribution in [2.45, 2.75) is 24.8 Å². The lowest BCUT2D eigenvalue weighted by Gasteiger charge is -2.25. The lowest BCUT2D eigenvalue weighted by atomic mass is 10.1. The molecule has 0 aliphatic heterocycles. The maximum absolute atomic E-state index is 13.6. The second-order valence-corrected chi connectivity index (χ2v) is 6.72. The van der Waals surface area contributed by atoms with Crippen LogP contribution in [0.3, 0.4) is 0 Å². The summed E-state index contributed by atoms with van der Waals surface area (Å²) in [5.41, 5.74) is 1.66. The van der Waals surface area contributed by atoms with E-state index in [1.807, 2.05) is 30.8 Å². The fourth-order valence-corrected chi connectivity index (χ4v) is 3.09. The minimum atomic E-state index is -0.226. The van der Waals surface area contributed by atoms with Crippen molar-refractivity contribution in [3.05, 3.63) is 53.9 Å². The number of fused-ring (bicyclic) bond motifs is 1. The van der Waals surface area contributed by atoms with Gasteiger partial charge in [0.15, 0.2) is 5.82 Å². The number of anilines is 1. The van der Waals surface area contributed by atoms with Crippen molar-refractivity contribution < 1.29 is 4.39 Å². The van der Waals surface area contributed by atoms with Crippen LogP contribution in [-0.4, -0.2) is 45.1 Å². The summed E-state index contributed by atoms with van der Waals surface area (Å²) in [7, 11) is 3.96. The van der Waals surface area contributed by atoms with Gasteiger partial charge in [0.2, 0.25) is 5.65 Å². The second-order valence-electron chi connectivity index (χ2n) is 6.72. The second kappa shape index (κ2) is 6.40. The fraction of sp³-hybridized carbons (Fsp3) is 0.389. The molecular formula is C18H21FN6. The van der Waals surface area contributed by atoms with E-state index >= 15 is 0 Å². The quantitative estimate of drug-likeness (QED) is 0.748. The Labute approximate surface area is 145 Å². The highest BCUT2D eigenvalue weighted by atomic mass is 19.1. The van der Waals surface area contributed by atoms with E-state index in [2.05, 4.69) is 25.4 Å². The molecule has 4 rings (SSSR count). The normalized spacial score (nSPS) is 15.7. The average Bonchev–Trinajstić information content (AvgIpc) is 3.34. The number of benzene rings is 1. The number of hydrogen-bond acceptors (Lipinski definition) is 5. The number of nitrogens with one attached hydrogen (secondary N) is 1. The van der Waals surface area contributed by atoms with E-state index in [0.29, 0.717) is 18.3 Å². The molecule has 1 aromatic carbocycles. The van der Waals surface area contributed by atoms with Crippen LogP contribution in [0.5, 0.6) is 0 Å². The highest BCUT2D eigenvalue weighted by molar-refractivity contribution is 5.62. The molecule has 0 saturated heterocycles. The molecule has 0 bridgehead atoms. The standard InChI is InChI=1S/C18H21FN6/c1-24(2)15(13-4-3-5-14(19)10-13)11-21-16-18-23-22-17(12-6-7-12)25(18)9-8-20-16/h3-5,8-10,12,15H,6-7,11H2,1-2H3,(H,20,21). The Morgan fingerprint density at radius 1 is 1.32 bits per heavy atom. The molecule has 2 aromatic heterocycles. The van der Waals surface area contributed by atoms with Gasteiger partial charge in [-0.15, -0.1) is 10.2 Å². The summed E-state index contributed by atoms with van der Waals surface area (Å²) < 4.78 is 15.6. The maximum atomic E-state index is 13.6. The zero-order valence-corrected chi connectivity index (χ0v) is 14.4. The van der Waals surface area contributed by atoms with Gasteiger partial charge < -0.3 is 10.2 Å². The molecule has 130 valence electrons. The number of nitrogens with zero attached hydrogens (tertiary/aromatic N) is 5. The fourth-order valence-electron chi connectivity index (χ4n) is 3.09. The topological polar surface area (TPSA) is 58.4 Å².